The molecule has 0 bridgehead atoms. The Morgan fingerprint density at radius 1 is 0.823 bits per heavy atom. The molecular formula is C45H65N9O8. The molecule has 4 rings (SSSR count). The number of carbonyl (C=O) groups excluding carboxylic acids is 7. The lowest BCUT2D eigenvalue weighted by Gasteiger charge is -2.20. The van der Waals surface area contributed by atoms with Gasteiger partial charge in [0, 0.05) is 44.3 Å². The lowest BCUT2D eigenvalue weighted by Crippen LogP contribution is -2.52. The average molecular weight is 860 g/mol. The normalized spacial score (nSPS) is 12.0. The van der Waals surface area contributed by atoms with Gasteiger partial charge in [0.15, 0.2) is 0 Å². The molecule has 3 aromatic rings. The topological polar surface area (TPSA) is 220 Å². The van der Waals surface area contributed by atoms with Gasteiger partial charge in [0.2, 0.25) is 29.5 Å². The smallest absolute Gasteiger partial charge is 0.323 e. The molecule has 0 saturated carbocycles. The Bertz CT molecular complexity index is 1860. The molecule has 17 heteroatoms. The predicted octanol–water partition coefficient (Wildman–Crippen LogP) is 3.93. The number of amides is 7. The highest BCUT2D eigenvalue weighted by Gasteiger charge is 2.26. The molecule has 6 N–H and O–H groups in total. The molecule has 2 heterocycles. The van der Waals surface area contributed by atoms with Gasteiger partial charge in [0.25, 0.3) is 0 Å². The van der Waals surface area contributed by atoms with Crippen molar-refractivity contribution in [2.75, 3.05) is 64.1 Å². The highest BCUT2D eigenvalue weighted by atomic mass is 16.5. The van der Waals surface area contributed by atoms with Crippen molar-refractivity contribution in [3.63, 3.8) is 0 Å². The van der Waals surface area contributed by atoms with E-state index in [0.29, 0.717) is 36.6 Å². The molecule has 2 aromatic carbocycles. The molecule has 62 heavy (non-hydrogen) atoms. The van der Waals surface area contributed by atoms with Gasteiger partial charge < -0.3 is 41.5 Å². The van der Waals surface area contributed by atoms with Crippen LogP contribution in [0.2, 0.25) is 0 Å². The number of aromatic nitrogens is 1. The zero-order valence-electron chi connectivity index (χ0n) is 37.0. The predicted molar refractivity (Wildman–Crippen MR) is 239 cm³/mol. The van der Waals surface area contributed by atoms with E-state index in [-0.39, 0.29) is 24.8 Å². The minimum atomic E-state index is -1.28. The zero-order valence-corrected chi connectivity index (χ0v) is 37.0. The number of pyridine rings is 1. The van der Waals surface area contributed by atoms with Gasteiger partial charge in [-0.25, -0.2) is 4.79 Å². The maximum absolute atomic E-state index is 12.6. The van der Waals surface area contributed by atoms with Crippen LogP contribution in [0.3, 0.4) is 0 Å². The summed E-state index contributed by atoms with van der Waals surface area (Å²) in [7, 11) is 2.82. The first-order valence-electron chi connectivity index (χ1n) is 21.1. The maximum atomic E-state index is 12.6. The second-order valence-electron chi connectivity index (χ2n) is 14.5. The van der Waals surface area contributed by atoms with E-state index in [2.05, 4.69) is 67.3 Å². The number of methoxy groups -OCH3 is 1. The van der Waals surface area contributed by atoms with E-state index >= 15 is 0 Å². The Hall–Kier alpha value is -6.36. The molecule has 0 spiro atoms. The fourth-order valence-electron chi connectivity index (χ4n) is 5.80. The SMILES string of the molecule is CCC.CCCCN(CC(=O)NC)Cc1ccccn1.COC(=O)CC(NC(=O)CNC(=O)Cc1ccc(NC(=O)Nc2ccccc2C)cc1)C(=O)NCC(=O)N1CCCC1. The van der Waals surface area contributed by atoms with E-state index < -0.39 is 48.7 Å². The van der Waals surface area contributed by atoms with E-state index in [1.165, 1.54) is 6.42 Å². The fraction of sp³-hybridized carbons (Fsp3) is 0.467. The van der Waals surface area contributed by atoms with Crippen LogP contribution in [-0.4, -0.2) is 116 Å². The minimum Gasteiger partial charge on any atom is -0.469 e. The summed E-state index contributed by atoms with van der Waals surface area (Å²) in [5.41, 5.74) is 3.80. The number of likely N-dealkylation sites (tertiary alicyclic amines) is 1. The summed E-state index contributed by atoms with van der Waals surface area (Å²) in [6, 6.07) is 18.2. The number of likely N-dealkylation sites (N-methyl/N-ethyl adjacent to an activating group) is 1. The van der Waals surface area contributed by atoms with Gasteiger partial charge in [-0.05, 0) is 74.2 Å². The van der Waals surface area contributed by atoms with E-state index in [9.17, 15) is 33.6 Å². The second-order valence-corrected chi connectivity index (χ2v) is 14.5. The standard InChI is InChI=1S/C29H36N6O7.C13H21N3O.C3H8/c1-19-7-3-4-8-22(19)34-29(41)32-21-11-9-20(10-12-21)15-24(36)30-17-25(37)33-23(16-27(39)42-2)28(40)31-18-26(38)35-13-5-6-14-35;1-3-4-9-16(11-13(17)14-2)10-12-7-5-6-8-15-12;1-3-2/h3-4,7-12,23H,5-6,13-18H2,1-2H3,(H,30,36)(H,31,40)(H,33,37)(H2,32,34,41);5-8H,3-4,9-11H2,1-2H3,(H,14,17);3H2,1-2H3. The molecule has 7 amide bonds. The quantitative estimate of drug-likeness (QED) is 0.0955. The average Bonchev–Trinajstić information content (AvgIpc) is 3.82. The molecule has 0 radical (unpaired) electrons. The highest BCUT2D eigenvalue weighted by molar-refractivity contribution is 6.00. The number of anilines is 2. The van der Waals surface area contributed by atoms with Crippen LogP contribution in [0.1, 0.15) is 76.1 Å². The molecule has 1 fully saturated rings. The Morgan fingerprint density at radius 3 is 2.11 bits per heavy atom. The number of rotatable bonds is 19. The number of carbonyl (C=O) groups is 7. The van der Waals surface area contributed by atoms with E-state index in [1.807, 2.05) is 43.3 Å². The van der Waals surface area contributed by atoms with Crippen molar-refractivity contribution in [2.24, 2.45) is 0 Å². The van der Waals surface area contributed by atoms with Crippen LogP contribution in [0.15, 0.2) is 72.9 Å². The molecule has 1 aromatic heterocycles. The number of hydrogen-bond acceptors (Lipinski definition) is 10. The molecule has 1 aliphatic rings. The second kappa shape index (κ2) is 29.8. The molecule has 17 nitrogen and oxygen atoms in total. The molecule has 1 unspecified atom stereocenters. The fourth-order valence-corrected chi connectivity index (χ4v) is 5.80. The van der Waals surface area contributed by atoms with Gasteiger partial charge in [0.1, 0.15) is 6.04 Å². The van der Waals surface area contributed by atoms with Gasteiger partial charge in [-0.15, -0.1) is 0 Å². The van der Waals surface area contributed by atoms with Crippen LogP contribution < -0.4 is 31.9 Å². The van der Waals surface area contributed by atoms with Crippen LogP contribution in [-0.2, 0) is 46.5 Å². The monoisotopic (exact) mass is 859 g/mol. The molecule has 1 saturated heterocycles. The molecule has 1 aliphatic heterocycles. The number of esters is 1. The summed E-state index contributed by atoms with van der Waals surface area (Å²) in [5.74, 6) is -2.78. The van der Waals surface area contributed by atoms with E-state index in [1.54, 1.807) is 48.5 Å². The van der Waals surface area contributed by atoms with Crippen molar-refractivity contribution >= 4 is 52.9 Å². The first-order chi connectivity index (χ1) is 29.8. The molecule has 0 aliphatic carbocycles. The first-order valence-corrected chi connectivity index (χ1v) is 21.1. The van der Waals surface area contributed by atoms with Gasteiger partial charge in [-0.3, -0.25) is 38.7 Å². The minimum absolute atomic E-state index is 0.0341. The Labute approximate surface area is 365 Å². The number of benzene rings is 2. The van der Waals surface area contributed by atoms with Crippen molar-refractivity contribution in [1.82, 2.24) is 36.1 Å². The third kappa shape index (κ3) is 21.2. The number of para-hydroxylation sites is 1. The van der Waals surface area contributed by atoms with E-state index in [4.69, 9.17) is 0 Å². The number of ether oxygens (including phenoxy) is 1. The third-order valence-electron chi connectivity index (χ3n) is 9.12. The maximum Gasteiger partial charge on any atom is 0.323 e. The molecule has 338 valence electrons. The molecular weight excluding hydrogens is 795 g/mol. The van der Waals surface area contributed by atoms with Gasteiger partial charge in [-0.1, -0.05) is 70.0 Å². The lowest BCUT2D eigenvalue weighted by atomic mass is 10.1. The van der Waals surface area contributed by atoms with Crippen molar-refractivity contribution in [1.29, 1.82) is 0 Å². The van der Waals surface area contributed by atoms with Gasteiger partial charge in [0.05, 0.1) is 45.3 Å². The Balaban J connectivity index is 0.000000548. The Kier molecular flexibility index (Phi) is 24.9. The number of unbranched alkanes of at least 4 members (excludes halogenated alkanes) is 1. The summed E-state index contributed by atoms with van der Waals surface area (Å²) in [6.45, 7) is 11.0. The number of hydrogen-bond donors (Lipinski definition) is 6. The van der Waals surface area contributed by atoms with Crippen molar-refractivity contribution < 1.29 is 38.3 Å². The van der Waals surface area contributed by atoms with Gasteiger partial charge in [-0.2, -0.15) is 0 Å². The van der Waals surface area contributed by atoms with E-state index in [0.717, 1.165) is 57.1 Å². The van der Waals surface area contributed by atoms with Crippen molar-refractivity contribution in [2.45, 2.75) is 85.2 Å². The zero-order chi connectivity index (χ0) is 45.7. The number of nitrogens with zero attached hydrogens (tertiary/aromatic N) is 3. The number of urea groups is 1. The summed E-state index contributed by atoms with van der Waals surface area (Å²) >= 11 is 0. The van der Waals surface area contributed by atoms with Crippen LogP contribution >= 0.6 is 0 Å². The third-order valence-corrected chi connectivity index (χ3v) is 9.12. The summed E-state index contributed by atoms with van der Waals surface area (Å²) in [4.78, 5) is 93.2. The number of aryl methyl sites for hydroxylation is 1. The lowest BCUT2D eigenvalue weighted by molar-refractivity contribution is -0.143. The Morgan fingerprint density at radius 2 is 1.50 bits per heavy atom. The largest absolute Gasteiger partial charge is 0.469 e. The number of nitrogens with one attached hydrogen (secondary N) is 6. The van der Waals surface area contributed by atoms with Crippen molar-refractivity contribution in [3.05, 3.63) is 89.7 Å². The van der Waals surface area contributed by atoms with Crippen LogP contribution in [0.4, 0.5) is 16.2 Å². The summed E-state index contributed by atoms with van der Waals surface area (Å²) < 4.78 is 4.60. The van der Waals surface area contributed by atoms with Crippen molar-refractivity contribution in [3.8, 4) is 0 Å². The highest BCUT2D eigenvalue weighted by Crippen LogP contribution is 2.15. The summed E-state index contributed by atoms with van der Waals surface area (Å²) in [5, 5.41) is 15.5. The van der Waals surface area contributed by atoms with Crippen LogP contribution in [0, 0.1) is 6.92 Å². The first kappa shape index (κ1) is 51.8. The summed E-state index contributed by atoms with van der Waals surface area (Å²) in [6.07, 6.45) is 6.60. The van der Waals surface area contributed by atoms with Crippen LogP contribution in [0.5, 0.6) is 0 Å². The molecule has 1 atom stereocenters. The van der Waals surface area contributed by atoms with Gasteiger partial charge >= 0.3 is 12.0 Å². The van der Waals surface area contributed by atoms with Crippen LogP contribution in [0.25, 0.3) is 0 Å².